The molecule has 5 nitrogen and oxygen atoms in total. The number of rotatable bonds is 3. The standard InChI is InChI=1S/C18H19N3O2/c1-2-23-17-6-4-3-5-13(17)18(22)21-12-7-8-16(21)14-10-19-11-20-15(14)9-12/h3-6,10-12,16H,2,7-9H2,1H3. The van der Waals surface area contributed by atoms with Gasteiger partial charge in [0.1, 0.15) is 12.1 Å². The van der Waals surface area contributed by atoms with E-state index in [4.69, 9.17) is 4.74 Å². The molecule has 2 aliphatic heterocycles. The second-order valence-electron chi connectivity index (χ2n) is 6.02. The molecule has 1 saturated heterocycles. The van der Waals surface area contributed by atoms with Gasteiger partial charge in [0.15, 0.2) is 0 Å². The lowest BCUT2D eigenvalue weighted by molar-refractivity contribution is 0.0639. The predicted octanol–water partition coefficient (Wildman–Crippen LogP) is 2.78. The highest BCUT2D eigenvalue weighted by Gasteiger charge is 2.43. The molecule has 1 aromatic heterocycles. The van der Waals surface area contributed by atoms with Crippen molar-refractivity contribution in [2.24, 2.45) is 0 Å². The Morgan fingerprint density at radius 2 is 2.22 bits per heavy atom. The van der Waals surface area contributed by atoms with Crippen molar-refractivity contribution in [2.75, 3.05) is 6.61 Å². The third-order valence-electron chi connectivity index (χ3n) is 4.77. The fourth-order valence-electron chi connectivity index (χ4n) is 3.80. The number of ether oxygens (including phenoxy) is 1. The Balaban J connectivity index is 1.71. The quantitative estimate of drug-likeness (QED) is 0.875. The number of hydrogen-bond donors (Lipinski definition) is 0. The van der Waals surface area contributed by atoms with Crippen molar-refractivity contribution in [3.8, 4) is 5.75 Å². The monoisotopic (exact) mass is 309 g/mol. The topological polar surface area (TPSA) is 55.3 Å². The number of fused-ring (bicyclic) bond motifs is 4. The molecule has 0 N–H and O–H groups in total. The lowest BCUT2D eigenvalue weighted by atomic mass is 9.98. The van der Waals surface area contributed by atoms with Gasteiger partial charge in [-0.05, 0) is 31.9 Å². The summed E-state index contributed by atoms with van der Waals surface area (Å²) in [5.74, 6) is 0.713. The molecule has 1 fully saturated rings. The third kappa shape index (κ3) is 2.27. The molecule has 1 aromatic carbocycles. The highest BCUT2D eigenvalue weighted by atomic mass is 16.5. The van der Waals surface area contributed by atoms with Crippen LogP contribution in [0, 0.1) is 0 Å². The summed E-state index contributed by atoms with van der Waals surface area (Å²) in [4.78, 5) is 23.7. The van der Waals surface area contributed by atoms with Crippen LogP contribution in [0.2, 0.25) is 0 Å². The summed E-state index contributed by atoms with van der Waals surface area (Å²) in [6, 6.07) is 7.81. The van der Waals surface area contributed by atoms with Crippen molar-refractivity contribution in [3.05, 3.63) is 53.6 Å². The lowest BCUT2D eigenvalue weighted by Crippen LogP contribution is -2.42. The highest BCUT2D eigenvalue weighted by molar-refractivity contribution is 5.97. The van der Waals surface area contributed by atoms with E-state index in [9.17, 15) is 4.79 Å². The number of para-hydroxylation sites is 1. The molecule has 118 valence electrons. The van der Waals surface area contributed by atoms with Crippen LogP contribution in [-0.4, -0.2) is 33.4 Å². The first kappa shape index (κ1) is 14.2. The molecule has 0 spiro atoms. The summed E-state index contributed by atoms with van der Waals surface area (Å²) in [7, 11) is 0. The predicted molar refractivity (Wildman–Crippen MR) is 85.3 cm³/mol. The fraction of sp³-hybridized carbons (Fsp3) is 0.389. The molecule has 5 heteroatoms. The molecule has 23 heavy (non-hydrogen) atoms. The third-order valence-corrected chi connectivity index (χ3v) is 4.77. The number of aromatic nitrogens is 2. The van der Waals surface area contributed by atoms with Crippen molar-refractivity contribution >= 4 is 5.91 Å². The summed E-state index contributed by atoms with van der Waals surface area (Å²) < 4.78 is 5.64. The van der Waals surface area contributed by atoms with Crippen molar-refractivity contribution in [3.63, 3.8) is 0 Å². The van der Waals surface area contributed by atoms with Gasteiger partial charge in [0, 0.05) is 24.2 Å². The van der Waals surface area contributed by atoms with Crippen molar-refractivity contribution < 1.29 is 9.53 Å². The molecule has 2 unspecified atom stereocenters. The fourth-order valence-corrected chi connectivity index (χ4v) is 3.80. The minimum Gasteiger partial charge on any atom is -0.493 e. The zero-order chi connectivity index (χ0) is 15.8. The minimum absolute atomic E-state index is 0.0519. The first-order chi connectivity index (χ1) is 11.3. The Labute approximate surface area is 135 Å². The van der Waals surface area contributed by atoms with Crippen LogP contribution in [0.1, 0.15) is 47.4 Å². The smallest absolute Gasteiger partial charge is 0.258 e. The van der Waals surface area contributed by atoms with Crippen LogP contribution in [0.15, 0.2) is 36.8 Å². The van der Waals surface area contributed by atoms with Crippen LogP contribution in [0.25, 0.3) is 0 Å². The van der Waals surface area contributed by atoms with E-state index < -0.39 is 0 Å². The zero-order valence-electron chi connectivity index (χ0n) is 13.1. The van der Waals surface area contributed by atoms with Crippen LogP contribution in [0.4, 0.5) is 0 Å². The van der Waals surface area contributed by atoms with E-state index in [1.165, 1.54) is 0 Å². The SMILES string of the molecule is CCOc1ccccc1C(=O)N1C2CCC1c1cncnc1C2. The molecule has 0 radical (unpaired) electrons. The molecule has 2 aliphatic rings. The van der Waals surface area contributed by atoms with Gasteiger partial charge in [0.2, 0.25) is 0 Å². The average Bonchev–Trinajstić information content (AvgIpc) is 2.90. The minimum atomic E-state index is 0.0519. The van der Waals surface area contributed by atoms with Crippen LogP contribution in [-0.2, 0) is 6.42 Å². The summed E-state index contributed by atoms with van der Waals surface area (Å²) in [6.45, 7) is 2.48. The molecule has 0 saturated carbocycles. The number of nitrogens with zero attached hydrogens (tertiary/aromatic N) is 3. The normalized spacial score (nSPS) is 21.9. The molecule has 2 bridgehead atoms. The Morgan fingerprint density at radius 3 is 3.09 bits per heavy atom. The highest BCUT2D eigenvalue weighted by Crippen LogP contribution is 2.44. The maximum Gasteiger partial charge on any atom is 0.258 e. The first-order valence-electron chi connectivity index (χ1n) is 8.13. The van der Waals surface area contributed by atoms with Gasteiger partial charge in [-0.15, -0.1) is 0 Å². The van der Waals surface area contributed by atoms with Gasteiger partial charge < -0.3 is 9.64 Å². The molecule has 3 heterocycles. The largest absolute Gasteiger partial charge is 0.493 e. The summed E-state index contributed by atoms with van der Waals surface area (Å²) in [6.07, 6.45) is 6.28. The molecule has 2 atom stereocenters. The average molecular weight is 309 g/mol. The Morgan fingerprint density at radius 1 is 1.35 bits per heavy atom. The number of amides is 1. The van der Waals surface area contributed by atoms with E-state index >= 15 is 0 Å². The van der Waals surface area contributed by atoms with Gasteiger partial charge in [-0.1, -0.05) is 12.1 Å². The Bertz CT molecular complexity index is 747. The van der Waals surface area contributed by atoms with Crippen LogP contribution < -0.4 is 4.74 Å². The van der Waals surface area contributed by atoms with E-state index in [0.29, 0.717) is 17.9 Å². The van der Waals surface area contributed by atoms with E-state index in [1.807, 2.05) is 42.3 Å². The van der Waals surface area contributed by atoms with Gasteiger partial charge in [0.25, 0.3) is 5.91 Å². The van der Waals surface area contributed by atoms with Crippen LogP contribution >= 0.6 is 0 Å². The van der Waals surface area contributed by atoms with Crippen molar-refractivity contribution in [1.82, 2.24) is 14.9 Å². The first-order valence-corrected chi connectivity index (χ1v) is 8.13. The molecular formula is C18H19N3O2. The molecule has 2 aromatic rings. The number of hydrogen-bond acceptors (Lipinski definition) is 4. The summed E-state index contributed by atoms with van der Waals surface area (Å²) >= 11 is 0. The zero-order valence-corrected chi connectivity index (χ0v) is 13.1. The maximum absolute atomic E-state index is 13.2. The van der Waals surface area contributed by atoms with E-state index in [-0.39, 0.29) is 18.0 Å². The van der Waals surface area contributed by atoms with Crippen molar-refractivity contribution in [1.29, 1.82) is 0 Å². The summed E-state index contributed by atoms with van der Waals surface area (Å²) in [5.41, 5.74) is 2.84. The number of benzene rings is 1. The second-order valence-corrected chi connectivity index (χ2v) is 6.02. The molecular weight excluding hydrogens is 290 g/mol. The van der Waals surface area contributed by atoms with Gasteiger partial charge in [-0.2, -0.15) is 0 Å². The van der Waals surface area contributed by atoms with Crippen LogP contribution in [0.3, 0.4) is 0 Å². The number of carbonyl (C=O) groups is 1. The van der Waals surface area contributed by atoms with Gasteiger partial charge >= 0.3 is 0 Å². The maximum atomic E-state index is 13.2. The van der Waals surface area contributed by atoms with Crippen molar-refractivity contribution in [2.45, 2.75) is 38.3 Å². The number of carbonyl (C=O) groups excluding carboxylic acids is 1. The van der Waals surface area contributed by atoms with E-state index in [1.54, 1.807) is 6.33 Å². The lowest BCUT2D eigenvalue weighted by Gasteiger charge is -2.35. The van der Waals surface area contributed by atoms with E-state index in [0.717, 1.165) is 30.5 Å². The summed E-state index contributed by atoms with van der Waals surface area (Å²) in [5, 5.41) is 0. The molecule has 0 aliphatic carbocycles. The molecule has 1 amide bonds. The van der Waals surface area contributed by atoms with Gasteiger partial charge in [0.05, 0.1) is 23.9 Å². The van der Waals surface area contributed by atoms with Crippen LogP contribution in [0.5, 0.6) is 5.75 Å². The Hall–Kier alpha value is -2.43. The Kier molecular flexibility index (Phi) is 3.48. The van der Waals surface area contributed by atoms with Gasteiger partial charge in [-0.3, -0.25) is 4.79 Å². The van der Waals surface area contributed by atoms with Gasteiger partial charge in [-0.25, -0.2) is 9.97 Å². The molecule has 4 rings (SSSR count). The van der Waals surface area contributed by atoms with E-state index in [2.05, 4.69) is 9.97 Å². The second kappa shape index (κ2) is 5.65.